The molecule has 1 aromatic carbocycles. The van der Waals surface area contributed by atoms with Crippen molar-refractivity contribution in [3.63, 3.8) is 0 Å². The van der Waals surface area contributed by atoms with Crippen molar-refractivity contribution in [1.82, 2.24) is 14.9 Å². The minimum absolute atomic E-state index is 0.141. The van der Waals surface area contributed by atoms with Crippen LogP contribution in [0.15, 0.2) is 71.8 Å². The normalized spacial score (nSPS) is 14.1. The predicted molar refractivity (Wildman–Crippen MR) is 106 cm³/mol. The maximum atomic E-state index is 12.5. The van der Waals surface area contributed by atoms with Gasteiger partial charge in [-0.3, -0.25) is 9.36 Å². The number of hydrogen-bond donors (Lipinski definition) is 1. The van der Waals surface area contributed by atoms with E-state index in [4.69, 9.17) is 4.74 Å². The third kappa shape index (κ3) is 4.17. The lowest BCUT2D eigenvalue weighted by Gasteiger charge is -2.28. The molecule has 3 aromatic rings. The largest absolute Gasteiger partial charge is 0.489 e. The van der Waals surface area contributed by atoms with Gasteiger partial charge in [0, 0.05) is 38.4 Å². The van der Waals surface area contributed by atoms with E-state index in [0.717, 1.165) is 43.2 Å². The number of anilines is 1. The lowest BCUT2D eigenvalue weighted by atomic mass is 10.2. The molecule has 1 fully saturated rings. The van der Waals surface area contributed by atoms with Gasteiger partial charge in [0.15, 0.2) is 0 Å². The summed E-state index contributed by atoms with van der Waals surface area (Å²) in [6.45, 7) is 4.26. The van der Waals surface area contributed by atoms with Gasteiger partial charge in [-0.25, -0.2) is 4.98 Å². The van der Waals surface area contributed by atoms with Crippen molar-refractivity contribution in [3.8, 4) is 11.4 Å². The molecule has 0 bridgehead atoms. The van der Waals surface area contributed by atoms with Crippen LogP contribution in [-0.2, 0) is 6.61 Å². The van der Waals surface area contributed by atoms with Crippen LogP contribution in [0, 0.1) is 0 Å². The van der Waals surface area contributed by atoms with Crippen LogP contribution in [0.2, 0.25) is 0 Å². The summed E-state index contributed by atoms with van der Waals surface area (Å²) in [5, 5.41) is 3.33. The third-order valence-electron chi connectivity index (χ3n) is 4.59. The summed E-state index contributed by atoms with van der Waals surface area (Å²) in [5.41, 5.74) is 1.67. The van der Waals surface area contributed by atoms with Crippen molar-refractivity contribution >= 4 is 5.82 Å². The van der Waals surface area contributed by atoms with Gasteiger partial charge in [-0.1, -0.05) is 30.3 Å². The Labute approximate surface area is 158 Å². The number of ether oxygens (including phenoxy) is 1. The molecule has 4 rings (SSSR count). The van der Waals surface area contributed by atoms with Crippen LogP contribution in [-0.4, -0.2) is 35.7 Å². The molecule has 1 aliphatic heterocycles. The van der Waals surface area contributed by atoms with Crippen LogP contribution in [0.3, 0.4) is 0 Å². The molecule has 0 unspecified atom stereocenters. The predicted octanol–water partition coefficient (Wildman–Crippen LogP) is 2.22. The summed E-state index contributed by atoms with van der Waals surface area (Å²) in [6, 6.07) is 17.1. The molecule has 0 amide bonds. The van der Waals surface area contributed by atoms with E-state index in [1.165, 1.54) is 6.07 Å². The molecular formula is C21H22N4O2. The summed E-state index contributed by atoms with van der Waals surface area (Å²) in [6.07, 6.45) is 3.47. The van der Waals surface area contributed by atoms with E-state index in [-0.39, 0.29) is 5.56 Å². The number of piperazine rings is 1. The van der Waals surface area contributed by atoms with Gasteiger partial charge in [0.1, 0.15) is 18.2 Å². The highest BCUT2D eigenvalue weighted by Crippen LogP contribution is 2.15. The van der Waals surface area contributed by atoms with Gasteiger partial charge in [-0.2, -0.15) is 0 Å². The summed E-state index contributed by atoms with van der Waals surface area (Å²) >= 11 is 0. The molecule has 1 N–H and O–H groups in total. The number of nitrogens with zero attached hydrogens (tertiary/aromatic N) is 3. The van der Waals surface area contributed by atoms with Crippen molar-refractivity contribution in [2.45, 2.75) is 6.61 Å². The first kappa shape index (κ1) is 17.3. The monoisotopic (exact) mass is 362 g/mol. The van der Waals surface area contributed by atoms with E-state index in [1.807, 2.05) is 42.5 Å². The van der Waals surface area contributed by atoms with Crippen LogP contribution in [0.4, 0.5) is 5.82 Å². The Morgan fingerprint density at radius 3 is 2.56 bits per heavy atom. The lowest BCUT2D eigenvalue weighted by Crippen LogP contribution is -2.43. The molecule has 0 saturated carbocycles. The molecule has 3 heterocycles. The molecule has 1 saturated heterocycles. The summed E-state index contributed by atoms with van der Waals surface area (Å²) in [5.74, 6) is 1.50. The number of nitrogens with one attached hydrogen (secondary N) is 1. The Bertz CT molecular complexity index is 932. The van der Waals surface area contributed by atoms with Gasteiger partial charge in [0.25, 0.3) is 5.56 Å². The first-order valence-corrected chi connectivity index (χ1v) is 9.11. The Balaban J connectivity index is 1.46. The van der Waals surface area contributed by atoms with E-state index < -0.39 is 0 Å². The van der Waals surface area contributed by atoms with Crippen LogP contribution in [0.5, 0.6) is 5.75 Å². The zero-order valence-electron chi connectivity index (χ0n) is 15.0. The second-order valence-corrected chi connectivity index (χ2v) is 6.46. The molecule has 2 aromatic heterocycles. The zero-order valence-corrected chi connectivity index (χ0v) is 15.0. The molecule has 0 aliphatic carbocycles. The molecule has 0 atom stereocenters. The second-order valence-electron chi connectivity index (χ2n) is 6.46. The van der Waals surface area contributed by atoms with E-state index in [9.17, 15) is 4.79 Å². The average molecular weight is 362 g/mol. The van der Waals surface area contributed by atoms with Gasteiger partial charge in [-0.15, -0.1) is 0 Å². The highest BCUT2D eigenvalue weighted by molar-refractivity contribution is 5.44. The van der Waals surface area contributed by atoms with Gasteiger partial charge in [0.05, 0.1) is 11.9 Å². The fraction of sp³-hybridized carbons (Fsp3) is 0.238. The fourth-order valence-corrected chi connectivity index (χ4v) is 3.11. The van der Waals surface area contributed by atoms with Gasteiger partial charge in [0.2, 0.25) is 0 Å². The highest BCUT2D eigenvalue weighted by atomic mass is 16.5. The molecule has 6 heteroatoms. The molecule has 0 spiro atoms. The van der Waals surface area contributed by atoms with Crippen molar-refractivity contribution in [1.29, 1.82) is 0 Å². The SMILES string of the molecule is O=c1cc(OCc2ccccc2)ccn1-c1ccc(N2CCNCC2)nc1. The van der Waals surface area contributed by atoms with E-state index in [0.29, 0.717) is 12.4 Å². The van der Waals surface area contributed by atoms with Gasteiger partial charge >= 0.3 is 0 Å². The van der Waals surface area contributed by atoms with E-state index in [2.05, 4.69) is 15.2 Å². The number of pyridine rings is 2. The molecule has 1 aliphatic rings. The molecule has 138 valence electrons. The second kappa shape index (κ2) is 8.05. The van der Waals surface area contributed by atoms with Gasteiger partial charge in [-0.05, 0) is 23.8 Å². The summed E-state index contributed by atoms with van der Waals surface area (Å²) < 4.78 is 7.29. The van der Waals surface area contributed by atoms with Crippen molar-refractivity contribution in [2.24, 2.45) is 0 Å². The standard InChI is InChI=1S/C21H22N4O2/c26-21-14-19(27-16-17-4-2-1-3-5-17)8-11-25(21)18-6-7-20(23-15-18)24-12-9-22-10-13-24/h1-8,11,14-15,22H,9-10,12-13,16H2. The molecule has 0 radical (unpaired) electrons. The average Bonchev–Trinajstić information content (AvgIpc) is 2.74. The van der Waals surface area contributed by atoms with Crippen molar-refractivity contribution in [2.75, 3.05) is 31.1 Å². The first-order valence-electron chi connectivity index (χ1n) is 9.11. The quantitative estimate of drug-likeness (QED) is 0.754. The fourth-order valence-electron chi connectivity index (χ4n) is 3.11. The lowest BCUT2D eigenvalue weighted by molar-refractivity contribution is 0.305. The van der Waals surface area contributed by atoms with Crippen molar-refractivity contribution < 1.29 is 4.74 Å². The molecule has 27 heavy (non-hydrogen) atoms. The van der Waals surface area contributed by atoms with Crippen LogP contribution >= 0.6 is 0 Å². The maximum absolute atomic E-state index is 12.5. The maximum Gasteiger partial charge on any atom is 0.258 e. The summed E-state index contributed by atoms with van der Waals surface area (Å²) in [7, 11) is 0. The summed E-state index contributed by atoms with van der Waals surface area (Å²) in [4.78, 5) is 19.2. The smallest absolute Gasteiger partial charge is 0.258 e. The highest BCUT2D eigenvalue weighted by Gasteiger charge is 2.11. The Kier molecular flexibility index (Phi) is 5.16. The molecular weight excluding hydrogens is 340 g/mol. The topological polar surface area (TPSA) is 59.4 Å². The first-order chi connectivity index (χ1) is 13.3. The Hall–Kier alpha value is -3.12. The zero-order chi connectivity index (χ0) is 18.5. The van der Waals surface area contributed by atoms with E-state index >= 15 is 0 Å². The molecule has 6 nitrogen and oxygen atoms in total. The number of rotatable bonds is 5. The van der Waals surface area contributed by atoms with Crippen LogP contribution < -0.4 is 20.5 Å². The number of hydrogen-bond acceptors (Lipinski definition) is 5. The Morgan fingerprint density at radius 2 is 1.85 bits per heavy atom. The third-order valence-corrected chi connectivity index (χ3v) is 4.59. The van der Waals surface area contributed by atoms with E-state index in [1.54, 1.807) is 23.0 Å². The minimum atomic E-state index is -0.141. The number of aromatic nitrogens is 2. The van der Waals surface area contributed by atoms with Crippen molar-refractivity contribution in [3.05, 3.63) is 82.9 Å². The number of benzene rings is 1. The minimum Gasteiger partial charge on any atom is -0.489 e. The Morgan fingerprint density at radius 1 is 1.04 bits per heavy atom. The van der Waals surface area contributed by atoms with Gasteiger partial charge < -0.3 is 15.0 Å². The van der Waals surface area contributed by atoms with Crippen LogP contribution in [0.25, 0.3) is 5.69 Å². The van der Waals surface area contributed by atoms with Crippen LogP contribution in [0.1, 0.15) is 5.56 Å².